The van der Waals surface area contributed by atoms with Crippen molar-refractivity contribution in [2.24, 2.45) is 0 Å². The molecule has 0 fully saturated rings. The number of carbonyl (C=O) groups excluding carboxylic acids is 1. The molecule has 27 heavy (non-hydrogen) atoms. The second kappa shape index (κ2) is 8.91. The van der Waals surface area contributed by atoms with Gasteiger partial charge < -0.3 is 4.90 Å². The summed E-state index contributed by atoms with van der Waals surface area (Å²) in [5.74, 6) is -0.329. The predicted molar refractivity (Wildman–Crippen MR) is 113 cm³/mol. The molecule has 0 aliphatic heterocycles. The lowest BCUT2D eigenvalue weighted by molar-refractivity contribution is -0.118. The van der Waals surface area contributed by atoms with E-state index in [1.165, 1.54) is 23.5 Å². The van der Waals surface area contributed by atoms with Gasteiger partial charge in [0.05, 0.1) is 16.6 Å². The molecule has 0 spiro atoms. The molecule has 0 radical (unpaired) electrons. The van der Waals surface area contributed by atoms with E-state index in [-0.39, 0.29) is 18.1 Å². The van der Waals surface area contributed by atoms with Crippen molar-refractivity contribution in [2.45, 2.75) is 12.8 Å². The minimum atomic E-state index is -0.300. The zero-order valence-electron chi connectivity index (χ0n) is 15.3. The fourth-order valence-corrected chi connectivity index (χ4v) is 4.31. The van der Waals surface area contributed by atoms with Crippen molar-refractivity contribution in [1.29, 1.82) is 0 Å². The van der Waals surface area contributed by atoms with Gasteiger partial charge in [-0.05, 0) is 63.0 Å². The molecule has 1 aromatic heterocycles. The quantitative estimate of drug-likeness (QED) is 0.523. The highest BCUT2D eigenvalue weighted by atomic mass is 79.9. The molecule has 0 saturated heterocycles. The number of benzene rings is 2. The Hall–Kier alpha value is -1.83. The van der Waals surface area contributed by atoms with Crippen LogP contribution in [0.5, 0.6) is 0 Å². The average molecular weight is 450 g/mol. The number of rotatable bonds is 7. The summed E-state index contributed by atoms with van der Waals surface area (Å²) in [5, 5.41) is 0.703. The summed E-state index contributed by atoms with van der Waals surface area (Å²) in [6.45, 7) is 1.48. The molecule has 0 aliphatic rings. The summed E-state index contributed by atoms with van der Waals surface area (Å²) in [7, 11) is 4.03. The van der Waals surface area contributed by atoms with Gasteiger partial charge in [0, 0.05) is 11.0 Å². The first-order valence-electron chi connectivity index (χ1n) is 8.68. The second-order valence-electron chi connectivity index (χ2n) is 6.61. The number of thiazole rings is 1. The van der Waals surface area contributed by atoms with E-state index in [1.54, 1.807) is 17.0 Å². The summed E-state index contributed by atoms with van der Waals surface area (Å²) in [6, 6.07) is 12.0. The Morgan fingerprint density at radius 2 is 1.89 bits per heavy atom. The van der Waals surface area contributed by atoms with Gasteiger partial charge >= 0.3 is 0 Å². The van der Waals surface area contributed by atoms with E-state index in [4.69, 9.17) is 0 Å². The number of hydrogen-bond donors (Lipinski definition) is 0. The predicted octanol–water partition coefficient (Wildman–Crippen LogP) is 4.73. The van der Waals surface area contributed by atoms with Crippen molar-refractivity contribution in [3.05, 3.63) is 58.3 Å². The molecule has 2 aromatic carbocycles. The molecule has 0 saturated carbocycles. The van der Waals surface area contributed by atoms with Gasteiger partial charge in [0.15, 0.2) is 5.13 Å². The van der Waals surface area contributed by atoms with Crippen molar-refractivity contribution in [3.63, 3.8) is 0 Å². The molecular formula is C20H21BrFN3OS. The van der Waals surface area contributed by atoms with Crippen LogP contribution in [0.1, 0.15) is 12.0 Å². The third-order valence-electron chi connectivity index (χ3n) is 4.13. The lowest BCUT2D eigenvalue weighted by Crippen LogP contribution is -2.34. The molecule has 3 aromatic rings. The fourth-order valence-electron chi connectivity index (χ4n) is 2.75. The highest BCUT2D eigenvalue weighted by Crippen LogP contribution is 2.31. The van der Waals surface area contributed by atoms with Crippen LogP contribution in [-0.4, -0.2) is 43.0 Å². The maximum absolute atomic E-state index is 13.1. The lowest BCUT2D eigenvalue weighted by Gasteiger charge is -2.21. The molecule has 0 bridgehead atoms. The van der Waals surface area contributed by atoms with Crippen LogP contribution in [0.2, 0.25) is 0 Å². The van der Waals surface area contributed by atoms with Crippen LogP contribution in [-0.2, 0) is 11.2 Å². The van der Waals surface area contributed by atoms with E-state index in [1.807, 2.05) is 32.3 Å². The van der Waals surface area contributed by atoms with Crippen molar-refractivity contribution < 1.29 is 9.18 Å². The van der Waals surface area contributed by atoms with E-state index in [0.29, 0.717) is 11.7 Å². The number of halogens is 2. The van der Waals surface area contributed by atoms with Gasteiger partial charge in [-0.1, -0.05) is 39.4 Å². The maximum Gasteiger partial charge on any atom is 0.233 e. The number of nitrogens with zero attached hydrogens (tertiary/aromatic N) is 3. The van der Waals surface area contributed by atoms with Crippen molar-refractivity contribution in [1.82, 2.24) is 9.88 Å². The standard InChI is InChI=1S/C20H21BrFN3OS/c1-24(2)10-3-11-25(19(26)12-14-4-7-16(22)8-5-14)20-23-17-9-6-15(21)13-18(17)27-20/h4-9,13H,3,10-12H2,1-2H3. The van der Waals surface area contributed by atoms with Gasteiger partial charge in [0.1, 0.15) is 5.82 Å². The third-order valence-corrected chi connectivity index (χ3v) is 5.66. The molecule has 4 nitrogen and oxygen atoms in total. The number of aromatic nitrogens is 1. The molecule has 0 aliphatic carbocycles. The van der Waals surface area contributed by atoms with Crippen LogP contribution >= 0.6 is 27.3 Å². The van der Waals surface area contributed by atoms with Crippen LogP contribution in [0.4, 0.5) is 9.52 Å². The summed E-state index contributed by atoms with van der Waals surface area (Å²) < 4.78 is 15.2. The number of anilines is 1. The minimum absolute atomic E-state index is 0.0292. The highest BCUT2D eigenvalue weighted by Gasteiger charge is 2.20. The number of fused-ring (bicyclic) bond motifs is 1. The van der Waals surface area contributed by atoms with E-state index in [0.717, 1.165) is 33.2 Å². The average Bonchev–Trinajstić information content (AvgIpc) is 3.03. The van der Waals surface area contributed by atoms with E-state index < -0.39 is 0 Å². The zero-order chi connectivity index (χ0) is 19.4. The Labute approximate surface area is 170 Å². The first kappa shape index (κ1) is 19.9. The van der Waals surface area contributed by atoms with E-state index >= 15 is 0 Å². The number of hydrogen-bond acceptors (Lipinski definition) is 4. The van der Waals surface area contributed by atoms with Gasteiger partial charge in [-0.2, -0.15) is 0 Å². The Bertz CT molecular complexity index is 927. The van der Waals surface area contributed by atoms with E-state index in [2.05, 4.69) is 25.8 Å². The minimum Gasteiger partial charge on any atom is -0.309 e. The highest BCUT2D eigenvalue weighted by molar-refractivity contribution is 9.10. The molecule has 0 atom stereocenters. The molecule has 0 unspecified atom stereocenters. The maximum atomic E-state index is 13.1. The molecule has 142 valence electrons. The summed E-state index contributed by atoms with van der Waals surface area (Å²) >= 11 is 4.99. The summed E-state index contributed by atoms with van der Waals surface area (Å²) in [5.41, 5.74) is 1.67. The Balaban J connectivity index is 1.84. The zero-order valence-corrected chi connectivity index (χ0v) is 17.7. The number of amides is 1. The van der Waals surface area contributed by atoms with Crippen molar-refractivity contribution >= 4 is 48.5 Å². The summed E-state index contributed by atoms with van der Waals surface area (Å²) in [6.07, 6.45) is 1.07. The molecule has 1 amide bonds. The second-order valence-corrected chi connectivity index (χ2v) is 8.54. The van der Waals surface area contributed by atoms with Gasteiger partial charge in [0.2, 0.25) is 5.91 Å². The Kier molecular flexibility index (Phi) is 6.57. The first-order valence-corrected chi connectivity index (χ1v) is 10.3. The van der Waals surface area contributed by atoms with Crippen LogP contribution in [0.25, 0.3) is 10.2 Å². The van der Waals surface area contributed by atoms with Crippen molar-refractivity contribution in [2.75, 3.05) is 32.1 Å². The molecular weight excluding hydrogens is 429 g/mol. The number of carbonyl (C=O) groups is 1. The normalized spacial score (nSPS) is 11.3. The fraction of sp³-hybridized carbons (Fsp3) is 0.300. The van der Waals surface area contributed by atoms with Crippen LogP contribution in [0, 0.1) is 5.82 Å². The topological polar surface area (TPSA) is 36.4 Å². The Morgan fingerprint density at radius 1 is 1.15 bits per heavy atom. The van der Waals surface area contributed by atoms with Crippen LogP contribution in [0.15, 0.2) is 46.9 Å². The van der Waals surface area contributed by atoms with Gasteiger partial charge in [-0.15, -0.1) is 0 Å². The summed E-state index contributed by atoms with van der Waals surface area (Å²) in [4.78, 5) is 21.5. The van der Waals surface area contributed by atoms with Crippen LogP contribution in [0.3, 0.4) is 0 Å². The molecule has 0 N–H and O–H groups in total. The smallest absolute Gasteiger partial charge is 0.233 e. The van der Waals surface area contributed by atoms with Crippen molar-refractivity contribution in [3.8, 4) is 0 Å². The van der Waals surface area contributed by atoms with Gasteiger partial charge in [0.25, 0.3) is 0 Å². The molecule has 1 heterocycles. The SMILES string of the molecule is CN(C)CCCN(C(=O)Cc1ccc(F)cc1)c1nc2ccc(Br)cc2s1. The molecule has 7 heteroatoms. The van der Waals surface area contributed by atoms with Crippen LogP contribution < -0.4 is 4.90 Å². The van der Waals surface area contributed by atoms with Gasteiger partial charge in [-0.25, -0.2) is 9.37 Å². The first-order chi connectivity index (χ1) is 12.9. The largest absolute Gasteiger partial charge is 0.309 e. The monoisotopic (exact) mass is 449 g/mol. The lowest BCUT2D eigenvalue weighted by atomic mass is 10.1. The third kappa shape index (κ3) is 5.34. The molecule has 3 rings (SSSR count). The van der Waals surface area contributed by atoms with Gasteiger partial charge in [-0.3, -0.25) is 9.69 Å². The van der Waals surface area contributed by atoms with E-state index in [9.17, 15) is 9.18 Å². The Morgan fingerprint density at radius 3 is 2.59 bits per heavy atom.